The minimum absolute atomic E-state index is 0.0871. The first-order chi connectivity index (χ1) is 14.0. The van der Waals surface area contributed by atoms with Crippen molar-refractivity contribution in [3.63, 3.8) is 0 Å². The molecule has 29 heavy (non-hydrogen) atoms. The van der Waals surface area contributed by atoms with Crippen molar-refractivity contribution in [3.8, 4) is 5.75 Å². The fraction of sp³-hybridized carbons (Fsp3) is 0.0526. The maximum absolute atomic E-state index is 12.7. The van der Waals surface area contributed by atoms with Crippen LogP contribution in [0.4, 0.5) is 17.3 Å². The number of nitrogens with zero attached hydrogens (tertiary/aromatic N) is 2. The number of anilines is 3. The van der Waals surface area contributed by atoms with Crippen LogP contribution in [-0.4, -0.2) is 25.5 Å². The summed E-state index contributed by atoms with van der Waals surface area (Å²) in [6.45, 7) is 0. The molecule has 4 rings (SSSR count). The molecule has 2 aromatic heterocycles. The highest BCUT2D eigenvalue weighted by molar-refractivity contribution is 7.94. The number of thiophene rings is 1. The molecule has 0 radical (unpaired) electrons. The van der Waals surface area contributed by atoms with Crippen molar-refractivity contribution in [2.45, 2.75) is 4.21 Å². The summed E-state index contributed by atoms with van der Waals surface area (Å²) in [4.78, 5) is 8.99. The minimum Gasteiger partial charge on any atom is -0.495 e. The first-order valence-electron chi connectivity index (χ1n) is 8.40. The summed E-state index contributed by atoms with van der Waals surface area (Å²) < 4.78 is 33.3. The smallest absolute Gasteiger partial charge is 0.272 e. The lowest BCUT2D eigenvalue weighted by molar-refractivity contribution is 0.415. The van der Waals surface area contributed by atoms with E-state index in [2.05, 4.69) is 20.0 Å². The summed E-state index contributed by atoms with van der Waals surface area (Å²) in [6.07, 6.45) is 0. The average molecular weight is 447 g/mol. The quantitative estimate of drug-likeness (QED) is 0.437. The number of ether oxygens (including phenoxy) is 1. The topological polar surface area (TPSA) is 93.2 Å². The lowest BCUT2D eigenvalue weighted by atomic mass is 10.3. The Labute approximate surface area is 176 Å². The number of methoxy groups -OCH3 is 1. The van der Waals surface area contributed by atoms with E-state index >= 15 is 0 Å². The second-order valence-corrected chi connectivity index (χ2v) is 9.19. The highest BCUT2D eigenvalue weighted by Crippen LogP contribution is 2.31. The molecule has 7 nitrogen and oxygen atoms in total. The number of halogens is 1. The Balaban J connectivity index is 1.77. The third-order valence-corrected chi connectivity index (χ3v) is 7.01. The standard InChI is InChI=1S/C19H15ClN4O3S2/c1-27-16-9-8-12(11-13(16)20)21-18-19(23-15-6-3-2-5-14(15)22-18)24-29(25,26)17-7-4-10-28-17/h2-11H,1H3,(H,21,22)(H,23,24). The zero-order valence-corrected chi connectivity index (χ0v) is 17.5. The molecular formula is C19H15ClN4O3S2. The Bertz CT molecular complexity index is 1280. The molecule has 0 aliphatic carbocycles. The summed E-state index contributed by atoms with van der Waals surface area (Å²) in [5.41, 5.74) is 1.79. The largest absolute Gasteiger partial charge is 0.495 e. The van der Waals surface area contributed by atoms with Crippen LogP contribution in [0.2, 0.25) is 5.02 Å². The normalized spacial score (nSPS) is 11.4. The van der Waals surface area contributed by atoms with Gasteiger partial charge in [0, 0.05) is 5.69 Å². The number of nitrogens with one attached hydrogen (secondary N) is 2. The lowest BCUT2D eigenvalue weighted by Crippen LogP contribution is -2.15. The molecule has 0 bridgehead atoms. The van der Waals surface area contributed by atoms with E-state index < -0.39 is 10.0 Å². The van der Waals surface area contributed by atoms with Gasteiger partial charge in [-0.2, -0.15) is 0 Å². The van der Waals surface area contributed by atoms with Crippen molar-refractivity contribution in [1.82, 2.24) is 9.97 Å². The van der Waals surface area contributed by atoms with Gasteiger partial charge in [-0.25, -0.2) is 18.4 Å². The Hall–Kier alpha value is -2.88. The van der Waals surface area contributed by atoms with Crippen LogP contribution in [-0.2, 0) is 10.0 Å². The van der Waals surface area contributed by atoms with Gasteiger partial charge in [-0.1, -0.05) is 29.8 Å². The SMILES string of the molecule is COc1ccc(Nc2nc3ccccc3nc2NS(=O)(=O)c2cccs2)cc1Cl. The molecule has 0 amide bonds. The monoisotopic (exact) mass is 446 g/mol. The predicted octanol–water partition coefficient (Wildman–Crippen LogP) is 4.90. The molecule has 2 aromatic carbocycles. The third kappa shape index (κ3) is 4.12. The zero-order valence-electron chi connectivity index (χ0n) is 15.1. The number of hydrogen-bond donors (Lipinski definition) is 2. The summed E-state index contributed by atoms with van der Waals surface area (Å²) in [7, 11) is -2.26. The molecule has 0 atom stereocenters. The number of hydrogen-bond acceptors (Lipinski definition) is 7. The van der Waals surface area contributed by atoms with Gasteiger partial charge in [-0.3, -0.25) is 4.72 Å². The van der Waals surface area contributed by atoms with E-state index in [1.54, 1.807) is 41.8 Å². The molecule has 4 aromatic rings. The van der Waals surface area contributed by atoms with Crippen LogP contribution in [0.1, 0.15) is 0 Å². The number of aromatic nitrogens is 2. The van der Waals surface area contributed by atoms with Gasteiger partial charge in [-0.15, -0.1) is 11.3 Å². The molecule has 0 aliphatic heterocycles. The van der Waals surface area contributed by atoms with Gasteiger partial charge in [0.25, 0.3) is 10.0 Å². The van der Waals surface area contributed by atoms with E-state index in [1.807, 2.05) is 12.1 Å². The van der Waals surface area contributed by atoms with Crippen molar-refractivity contribution in [3.05, 3.63) is 65.0 Å². The fourth-order valence-corrected chi connectivity index (χ4v) is 4.89. The van der Waals surface area contributed by atoms with Gasteiger partial charge < -0.3 is 10.1 Å². The average Bonchev–Trinajstić information content (AvgIpc) is 3.24. The molecule has 0 saturated heterocycles. The third-order valence-electron chi connectivity index (χ3n) is 3.98. The molecular weight excluding hydrogens is 432 g/mol. The van der Waals surface area contributed by atoms with E-state index in [-0.39, 0.29) is 15.8 Å². The minimum atomic E-state index is -3.79. The maximum atomic E-state index is 12.7. The van der Waals surface area contributed by atoms with Gasteiger partial charge in [0.2, 0.25) is 0 Å². The summed E-state index contributed by atoms with van der Waals surface area (Å²) in [6, 6.07) is 15.5. The second kappa shape index (κ2) is 7.86. The van der Waals surface area contributed by atoms with Gasteiger partial charge in [0.1, 0.15) is 9.96 Å². The van der Waals surface area contributed by atoms with E-state index in [0.29, 0.717) is 27.5 Å². The molecule has 148 valence electrons. The number of rotatable bonds is 6. The van der Waals surface area contributed by atoms with Crippen molar-refractivity contribution >= 4 is 61.3 Å². The van der Waals surface area contributed by atoms with Gasteiger partial charge >= 0.3 is 0 Å². The van der Waals surface area contributed by atoms with Gasteiger partial charge in [-0.05, 0) is 41.8 Å². The van der Waals surface area contributed by atoms with Crippen LogP contribution in [0.25, 0.3) is 11.0 Å². The van der Waals surface area contributed by atoms with Crippen LogP contribution in [0.3, 0.4) is 0 Å². The van der Waals surface area contributed by atoms with Crippen molar-refractivity contribution in [2.24, 2.45) is 0 Å². The predicted molar refractivity (Wildman–Crippen MR) is 116 cm³/mol. The lowest BCUT2D eigenvalue weighted by Gasteiger charge is -2.14. The fourth-order valence-electron chi connectivity index (χ4n) is 2.63. The Morgan fingerprint density at radius 1 is 1.00 bits per heavy atom. The molecule has 0 fully saturated rings. The van der Waals surface area contributed by atoms with Crippen molar-refractivity contribution in [1.29, 1.82) is 0 Å². The maximum Gasteiger partial charge on any atom is 0.272 e. The Kier molecular flexibility index (Phi) is 5.27. The van der Waals surface area contributed by atoms with Crippen molar-refractivity contribution < 1.29 is 13.2 Å². The van der Waals surface area contributed by atoms with E-state index in [0.717, 1.165) is 11.3 Å². The number of para-hydroxylation sites is 2. The molecule has 0 spiro atoms. The van der Waals surface area contributed by atoms with Crippen LogP contribution in [0, 0.1) is 0 Å². The van der Waals surface area contributed by atoms with Gasteiger partial charge in [0.15, 0.2) is 11.6 Å². The highest BCUT2D eigenvalue weighted by atomic mass is 35.5. The van der Waals surface area contributed by atoms with E-state index in [4.69, 9.17) is 16.3 Å². The summed E-state index contributed by atoms with van der Waals surface area (Å²) >= 11 is 7.31. The summed E-state index contributed by atoms with van der Waals surface area (Å²) in [5.74, 6) is 0.870. The Morgan fingerprint density at radius 3 is 2.34 bits per heavy atom. The number of benzene rings is 2. The van der Waals surface area contributed by atoms with Crippen LogP contribution >= 0.6 is 22.9 Å². The zero-order chi connectivity index (χ0) is 20.4. The molecule has 0 unspecified atom stereocenters. The highest BCUT2D eigenvalue weighted by Gasteiger charge is 2.20. The van der Waals surface area contributed by atoms with Crippen LogP contribution < -0.4 is 14.8 Å². The van der Waals surface area contributed by atoms with Crippen LogP contribution in [0.15, 0.2) is 64.2 Å². The molecule has 10 heteroatoms. The molecule has 0 aliphatic rings. The van der Waals surface area contributed by atoms with Crippen LogP contribution in [0.5, 0.6) is 5.75 Å². The first kappa shape index (κ1) is 19.4. The molecule has 0 saturated carbocycles. The van der Waals surface area contributed by atoms with Crippen molar-refractivity contribution in [2.75, 3.05) is 17.1 Å². The van der Waals surface area contributed by atoms with E-state index in [9.17, 15) is 8.42 Å². The summed E-state index contributed by atoms with van der Waals surface area (Å²) in [5, 5.41) is 5.19. The first-order valence-corrected chi connectivity index (χ1v) is 11.1. The molecule has 2 N–H and O–H groups in total. The van der Waals surface area contributed by atoms with Gasteiger partial charge in [0.05, 0.1) is 23.2 Å². The van der Waals surface area contributed by atoms with E-state index in [1.165, 1.54) is 13.2 Å². The number of sulfonamides is 1. The second-order valence-electron chi connectivity index (χ2n) is 5.92. The molecule has 2 heterocycles. The Morgan fingerprint density at radius 2 is 1.72 bits per heavy atom. The number of fused-ring (bicyclic) bond motifs is 1.